The second-order valence-corrected chi connectivity index (χ2v) is 6.72. The topological polar surface area (TPSA) is 49.9 Å². The summed E-state index contributed by atoms with van der Waals surface area (Å²) in [5.74, 6) is 0.136. The van der Waals surface area contributed by atoms with Crippen LogP contribution in [0.25, 0.3) is 0 Å². The minimum atomic E-state index is -0.548. The van der Waals surface area contributed by atoms with Crippen molar-refractivity contribution in [2.45, 2.75) is 46.1 Å². The maximum atomic E-state index is 12.7. The van der Waals surface area contributed by atoms with E-state index in [1.807, 2.05) is 44.7 Å². The van der Waals surface area contributed by atoms with Crippen LogP contribution in [0.5, 0.6) is 0 Å². The smallest absolute Gasteiger partial charge is 0.311 e. The Hall–Kier alpha value is -1.10. The van der Waals surface area contributed by atoms with Crippen molar-refractivity contribution in [3.8, 4) is 0 Å². The number of esters is 1. The molecule has 0 spiro atoms. The number of hydrogen-bond donors (Lipinski definition) is 0. The summed E-state index contributed by atoms with van der Waals surface area (Å²) in [5.41, 5.74) is -0.548. The van der Waals surface area contributed by atoms with Gasteiger partial charge in [-0.3, -0.25) is 14.5 Å². The molecule has 1 amide bonds. The predicted molar refractivity (Wildman–Crippen MR) is 82.9 cm³/mol. The molecule has 2 atom stereocenters. The molecular weight excluding hydrogens is 268 g/mol. The van der Waals surface area contributed by atoms with Gasteiger partial charge in [0, 0.05) is 13.1 Å². The molecule has 1 heterocycles. The molecule has 0 N–H and O–H groups in total. The molecule has 0 unspecified atom stereocenters. The van der Waals surface area contributed by atoms with Crippen molar-refractivity contribution in [3.05, 3.63) is 0 Å². The number of likely N-dealkylation sites (N-methyl/N-ethyl adjacent to an activating group) is 1. The Morgan fingerprint density at radius 1 is 1.38 bits per heavy atom. The Labute approximate surface area is 128 Å². The molecule has 21 heavy (non-hydrogen) atoms. The van der Waals surface area contributed by atoms with Crippen molar-refractivity contribution >= 4 is 11.9 Å². The maximum absolute atomic E-state index is 12.7. The minimum Gasteiger partial charge on any atom is -0.469 e. The molecule has 122 valence electrons. The minimum absolute atomic E-state index is 0.0787. The molecule has 5 heteroatoms. The molecule has 0 aliphatic carbocycles. The lowest BCUT2D eigenvalue weighted by atomic mass is 9.74. The number of nitrogens with zero attached hydrogens (tertiary/aromatic N) is 2. The van der Waals surface area contributed by atoms with E-state index < -0.39 is 5.41 Å². The van der Waals surface area contributed by atoms with Gasteiger partial charge in [-0.25, -0.2) is 0 Å². The van der Waals surface area contributed by atoms with Crippen LogP contribution >= 0.6 is 0 Å². The fourth-order valence-electron chi connectivity index (χ4n) is 3.17. The lowest BCUT2D eigenvalue weighted by molar-refractivity contribution is -0.157. The zero-order valence-corrected chi connectivity index (χ0v) is 14.3. The van der Waals surface area contributed by atoms with E-state index in [4.69, 9.17) is 4.74 Å². The van der Waals surface area contributed by atoms with Crippen LogP contribution in [0.3, 0.4) is 0 Å². The van der Waals surface area contributed by atoms with Crippen molar-refractivity contribution in [1.82, 2.24) is 9.80 Å². The monoisotopic (exact) mass is 298 g/mol. The van der Waals surface area contributed by atoms with E-state index in [-0.39, 0.29) is 23.8 Å². The summed E-state index contributed by atoms with van der Waals surface area (Å²) in [6.07, 6.45) is 2.71. The van der Waals surface area contributed by atoms with Crippen LogP contribution in [-0.2, 0) is 14.3 Å². The highest BCUT2D eigenvalue weighted by molar-refractivity contribution is 5.82. The zero-order chi connectivity index (χ0) is 16.2. The average Bonchev–Trinajstić information content (AvgIpc) is 2.46. The van der Waals surface area contributed by atoms with Crippen molar-refractivity contribution in [2.75, 3.05) is 34.3 Å². The third-order valence-electron chi connectivity index (χ3n) is 4.76. The van der Waals surface area contributed by atoms with E-state index in [2.05, 4.69) is 0 Å². The number of likely N-dealkylation sites (tertiary alicyclic amines) is 1. The van der Waals surface area contributed by atoms with Gasteiger partial charge >= 0.3 is 5.97 Å². The Balaban J connectivity index is 2.81. The second-order valence-electron chi connectivity index (χ2n) is 6.72. The third kappa shape index (κ3) is 3.96. The number of carbonyl (C=O) groups excluding carboxylic acids is 2. The number of carbonyl (C=O) groups is 2. The third-order valence-corrected chi connectivity index (χ3v) is 4.76. The molecule has 1 fully saturated rings. The van der Waals surface area contributed by atoms with Gasteiger partial charge in [-0.2, -0.15) is 0 Å². The summed E-state index contributed by atoms with van der Waals surface area (Å²) in [7, 11) is 5.30. The standard InChI is InChI=1S/C16H30N2O3/c1-7-13(17(4)5)14(19)18-10-8-9-12(11-18)16(2,3)15(20)21-6/h12-13H,7-11H2,1-6H3/t12-,13-/m0/s1. The number of piperidine rings is 1. The van der Waals surface area contributed by atoms with E-state index in [9.17, 15) is 9.59 Å². The normalized spacial score (nSPS) is 21.3. The highest BCUT2D eigenvalue weighted by Gasteiger charge is 2.41. The van der Waals surface area contributed by atoms with E-state index in [0.29, 0.717) is 6.54 Å². The first-order valence-corrected chi connectivity index (χ1v) is 7.79. The van der Waals surface area contributed by atoms with Gasteiger partial charge in [-0.05, 0) is 53.1 Å². The second kappa shape index (κ2) is 7.25. The Kier molecular flexibility index (Phi) is 6.20. The molecule has 1 aliphatic heterocycles. The van der Waals surface area contributed by atoms with Gasteiger partial charge in [0.1, 0.15) is 0 Å². The van der Waals surface area contributed by atoms with Gasteiger partial charge in [-0.15, -0.1) is 0 Å². The number of hydrogen-bond acceptors (Lipinski definition) is 4. The molecule has 0 aromatic rings. The maximum Gasteiger partial charge on any atom is 0.311 e. The van der Waals surface area contributed by atoms with Crippen molar-refractivity contribution in [3.63, 3.8) is 0 Å². The van der Waals surface area contributed by atoms with Crippen LogP contribution in [-0.4, -0.2) is 62.0 Å². The first-order valence-electron chi connectivity index (χ1n) is 7.79. The van der Waals surface area contributed by atoms with E-state index in [0.717, 1.165) is 25.8 Å². The highest BCUT2D eigenvalue weighted by atomic mass is 16.5. The molecular formula is C16H30N2O3. The van der Waals surface area contributed by atoms with Crippen molar-refractivity contribution < 1.29 is 14.3 Å². The SMILES string of the molecule is CC[C@@H](C(=O)N1CCC[C@H](C(C)(C)C(=O)OC)C1)N(C)C. The summed E-state index contributed by atoms with van der Waals surface area (Å²) in [5, 5.41) is 0. The first kappa shape index (κ1) is 18.0. The molecule has 1 saturated heterocycles. The highest BCUT2D eigenvalue weighted by Crippen LogP contribution is 2.35. The lowest BCUT2D eigenvalue weighted by Gasteiger charge is -2.41. The molecule has 0 aromatic carbocycles. The fraction of sp³-hybridized carbons (Fsp3) is 0.875. The Bertz CT molecular complexity index is 380. The van der Waals surface area contributed by atoms with Crippen LogP contribution in [0.2, 0.25) is 0 Å². The molecule has 1 aliphatic rings. The molecule has 0 saturated carbocycles. The van der Waals surface area contributed by atoms with Gasteiger partial charge in [-0.1, -0.05) is 6.92 Å². The fourth-order valence-corrected chi connectivity index (χ4v) is 3.17. The average molecular weight is 298 g/mol. The molecule has 0 radical (unpaired) electrons. The van der Waals surface area contributed by atoms with Crippen LogP contribution in [0.4, 0.5) is 0 Å². The van der Waals surface area contributed by atoms with Crippen LogP contribution < -0.4 is 0 Å². The molecule has 0 aromatic heterocycles. The van der Waals surface area contributed by atoms with Gasteiger partial charge in [0.15, 0.2) is 0 Å². The van der Waals surface area contributed by atoms with Gasteiger partial charge in [0.25, 0.3) is 0 Å². The van der Waals surface area contributed by atoms with Gasteiger partial charge < -0.3 is 9.64 Å². The van der Waals surface area contributed by atoms with Gasteiger partial charge in [0.05, 0.1) is 18.6 Å². The van der Waals surface area contributed by atoms with Crippen LogP contribution in [0, 0.1) is 11.3 Å². The van der Waals surface area contributed by atoms with Crippen LogP contribution in [0.1, 0.15) is 40.0 Å². The molecule has 5 nitrogen and oxygen atoms in total. The van der Waals surface area contributed by atoms with E-state index in [1.165, 1.54) is 7.11 Å². The summed E-state index contributed by atoms with van der Waals surface area (Å²) in [6.45, 7) is 7.30. The number of methoxy groups -OCH3 is 1. The molecule has 1 rings (SSSR count). The Morgan fingerprint density at radius 3 is 2.48 bits per heavy atom. The number of rotatable bonds is 5. The quantitative estimate of drug-likeness (QED) is 0.726. The Morgan fingerprint density at radius 2 is 2.00 bits per heavy atom. The van der Waals surface area contributed by atoms with E-state index in [1.54, 1.807) is 0 Å². The summed E-state index contributed by atoms with van der Waals surface area (Å²) in [6, 6.07) is -0.0787. The zero-order valence-electron chi connectivity index (χ0n) is 14.3. The van der Waals surface area contributed by atoms with Crippen molar-refractivity contribution in [1.29, 1.82) is 0 Å². The van der Waals surface area contributed by atoms with Crippen LogP contribution in [0.15, 0.2) is 0 Å². The first-order chi connectivity index (χ1) is 9.75. The summed E-state index contributed by atoms with van der Waals surface area (Å²) in [4.78, 5) is 28.5. The lowest BCUT2D eigenvalue weighted by Crippen LogP contribution is -2.52. The predicted octanol–water partition coefficient (Wildman–Crippen LogP) is 1.76. The van der Waals surface area contributed by atoms with Gasteiger partial charge in [0.2, 0.25) is 5.91 Å². The summed E-state index contributed by atoms with van der Waals surface area (Å²) < 4.78 is 4.92. The largest absolute Gasteiger partial charge is 0.469 e. The van der Waals surface area contributed by atoms with Crippen molar-refractivity contribution in [2.24, 2.45) is 11.3 Å². The number of ether oxygens (including phenoxy) is 1. The number of amides is 1. The molecule has 0 bridgehead atoms. The summed E-state index contributed by atoms with van der Waals surface area (Å²) >= 11 is 0. The van der Waals surface area contributed by atoms with E-state index >= 15 is 0 Å².